The van der Waals surface area contributed by atoms with Crippen molar-refractivity contribution in [3.8, 4) is 0 Å². The number of anilines is 2. The smallest absolute Gasteiger partial charge is 0.135 e. The summed E-state index contributed by atoms with van der Waals surface area (Å²) in [6.07, 6.45) is 3.62. The lowest BCUT2D eigenvalue weighted by atomic mass is 10.2. The predicted octanol–water partition coefficient (Wildman–Crippen LogP) is 3.06. The van der Waals surface area contributed by atoms with E-state index in [0.717, 1.165) is 30.5 Å². The topological polar surface area (TPSA) is 53.9 Å². The maximum atomic E-state index is 4.67. The molecule has 5 heteroatoms. The summed E-state index contributed by atoms with van der Waals surface area (Å²) in [5.41, 5.74) is 1.21. The van der Waals surface area contributed by atoms with Gasteiger partial charge in [0.1, 0.15) is 17.5 Å². The fourth-order valence-electron chi connectivity index (χ4n) is 2.02. The third kappa shape index (κ3) is 4.15. The van der Waals surface area contributed by atoms with Crippen LogP contribution in [0.3, 0.4) is 0 Å². The second-order valence-corrected chi connectivity index (χ2v) is 5.37. The van der Waals surface area contributed by atoms with Crippen molar-refractivity contribution in [2.75, 3.05) is 23.8 Å². The summed E-state index contributed by atoms with van der Waals surface area (Å²) in [7, 11) is 2.04. The highest BCUT2D eigenvalue weighted by molar-refractivity contribution is 5.49. The first-order valence-corrected chi connectivity index (χ1v) is 7.33. The third-order valence-corrected chi connectivity index (χ3v) is 3.16. The molecule has 0 aliphatic heterocycles. The van der Waals surface area contributed by atoms with Crippen LogP contribution in [0, 0.1) is 0 Å². The quantitative estimate of drug-likeness (QED) is 0.884. The molecule has 0 spiro atoms. The normalized spacial score (nSPS) is 10.7. The van der Waals surface area contributed by atoms with E-state index in [2.05, 4.69) is 45.9 Å². The Morgan fingerprint density at radius 1 is 1.19 bits per heavy atom. The number of nitrogens with one attached hydrogen (secondary N) is 1. The summed E-state index contributed by atoms with van der Waals surface area (Å²) in [6, 6.07) is 6.04. The first-order valence-electron chi connectivity index (χ1n) is 7.33. The van der Waals surface area contributed by atoms with Crippen molar-refractivity contribution in [3.05, 3.63) is 42.0 Å². The fourth-order valence-corrected chi connectivity index (χ4v) is 2.02. The maximum absolute atomic E-state index is 4.67. The molecule has 0 amide bonds. The van der Waals surface area contributed by atoms with Crippen molar-refractivity contribution in [2.45, 2.75) is 33.2 Å². The fraction of sp³-hybridized carbons (Fsp3) is 0.438. The van der Waals surface area contributed by atoms with E-state index in [4.69, 9.17) is 0 Å². The molecular weight excluding hydrogens is 262 g/mol. The van der Waals surface area contributed by atoms with Crippen LogP contribution in [0.1, 0.15) is 38.1 Å². The molecule has 2 aromatic rings. The van der Waals surface area contributed by atoms with Crippen LogP contribution in [0.25, 0.3) is 0 Å². The molecule has 2 heterocycles. The molecule has 0 radical (unpaired) electrons. The maximum Gasteiger partial charge on any atom is 0.135 e. The highest BCUT2D eigenvalue weighted by Crippen LogP contribution is 2.20. The number of pyridine rings is 1. The van der Waals surface area contributed by atoms with E-state index in [0.29, 0.717) is 5.92 Å². The molecule has 2 rings (SSSR count). The van der Waals surface area contributed by atoms with Crippen molar-refractivity contribution < 1.29 is 0 Å². The van der Waals surface area contributed by atoms with Gasteiger partial charge in [-0.05, 0) is 24.6 Å². The zero-order valence-electron chi connectivity index (χ0n) is 13.2. The summed E-state index contributed by atoms with van der Waals surface area (Å²) < 4.78 is 0. The van der Waals surface area contributed by atoms with Crippen LogP contribution in [0.5, 0.6) is 0 Å². The van der Waals surface area contributed by atoms with Crippen molar-refractivity contribution in [1.82, 2.24) is 15.0 Å². The molecule has 0 unspecified atom stereocenters. The van der Waals surface area contributed by atoms with E-state index < -0.39 is 0 Å². The van der Waals surface area contributed by atoms with Gasteiger partial charge < -0.3 is 10.2 Å². The third-order valence-electron chi connectivity index (χ3n) is 3.16. The zero-order valence-corrected chi connectivity index (χ0v) is 13.2. The minimum absolute atomic E-state index is 0.302. The number of aromatic nitrogens is 3. The van der Waals surface area contributed by atoms with Crippen molar-refractivity contribution in [1.29, 1.82) is 0 Å². The Balaban J connectivity index is 2.24. The monoisotopic (exact) mass is 285 g/mol. The predicted molar refractivity (Wildman–Crippen MR) is 86.6 cm³/mol. The highest BCUT2D eigenvalue weighted by atomic mass is 15.2. The summed E-state index contributed by atoms with van der Waals surface area (Å²) in [6.45, 7) is 7.93. The van der Waals surface area contributed by atoms with Crippen LogP contribution in [-0.4, -0.2) is 28.5 Å². The van der Waals surface area contributed by atoms with Crippen LogP contribution < -0.4 is 10.2 Å². The molecule has 0 aliphatic rings. The van der Waals surface area contributed by atoms with Crippen molar-refractivity contribution in [2.24, 2.45) is 0 Å². The van der Waals surface area contributed by atoms with Gasteiger partial charge in [0.2, 0.25) is 0 Å². The Labute approximate surface area is 126 Å². The van der Waals surface area contributed by atoms with Gasteiger partial charge in [0.05, 0.1) is 0 Å². The number of rotatable bonds is 6. The van der Waals surface area contributed by atoms with Crippen molar-refractivity contribution >= 4 is 11.6 Å². The lowest BCUT2D eigenvalue weighted by molar-refractivity contribution is 0.763. The first kappa shape index (κ1) is 15.2. The Kier molecular flexibility index (Phi) is 5.09. The average Bonchev–Trinajstić information content (AvgIpc) is 2.48. The van der Waals surface area contributed by atoms with Crippen LogP contribution in [0.2, 0.25) is 0 Å². The van der Waals surface area contributed by atoms with Gasteiger partial charge in [0.25, 0.3) is 0 Å². The Hall–Kier alpha value is -2.17. The van der Waals surface area contributed by atoms with Gasteiger partial charge in [-0.25, -0.2) is 9.97 Å². The molecule has 0 fully saturated rings. The molecule has 112 valence electrons. The van der Waals surface area contributed by atoms with Gasteiger partial charge in [0, 0.05) is 44.5 Å². The molecule has 0 saturated carbocycles. The van der Waals surface area contributed by atoms with Crippen LogP contribution >= 0.6 is 0 Å². The van der Waals surface area contributed by atoms with Gasteiger partial charge in [-0.3, -0.25) is 4.98 Å². The molecule has 0 saturated heterocycles. The van der Waals surface area contributed by atoms with Crippen LogP contribution in [0.4, 0.5) is 11.6 Å². The van der Waals surface area contributed by atoms with E-state index in [-0.39, 0.29) is 0 Å². The second-order valence-electron chi connectivity index (χ2n) is 5.37. The summed E-state index contributed by atoms with van der Waals surface area (Å²) in [5.74, 6) is 2.98. The highest BCUT2D eigenvalue weighted by Gasteiger charge is 2.11. The van der Waals surface area contributed by atoms with Gasteiger partial charge in [-0.2, -0.15) is 0 Å². The second kappa shape index (κ2) is 7.02. The molecule has 0 aromatic carbocycles. The molecule has 1 N–H and O–H groups in total. The van der Waals surface area contributed by atoms with E-state index in [9.17, 15) is 0 Å². The van der Waals surface area contributed by atoms with Gasteiger partial charge in [-0.1, -0.05) is 13.8 Å². The van der Waals surface area contributed by atoms with E-state index in [1.165, 1.54) is 5.56 Å². The largest absolute Gasteiger partial charge is 0.370 e. The lowest BCUT2D eigenvalue weighted by Crippen LogP contribution is -2.19. The zero-order chi connectivity index (χ0) is 15.2. The summed E-state index contributed by atoms with van der Waals surface area (Å²) in [5, 5.41) is 3.27. The first-order chi connectivity index (χ1) is 10.1. The molecule has 2 aromatic heterocycles. The molecule has 21 heavy (non-hydrogen) atoms. The number of hydrogen-bond donors (Lipinski definition) is 1. The van der Waals surface area contributed by atoms with Gasteiger partial charge >= 0.3 is 0 Å². The minimum atomic E-state index is 0.302. The Morgan fingerprint density at radius 3 is 2.52 bits per heavy atom. The van der Waals surface area contributed by atoms with Gasteiger partial charge in [0.15, 0.2) is 0 Å². The summed E-state index contributed by atoms with van der Waals surface area (Å²) >= 11 is 0. The number of hydrogen-bond acceptors (Lipinski definition) is 5. The van der Waals surface area contributed by atoms with Crippen LogP contribution in [0.15, 0.2) is 30.6 Å². The van der Waals surface area contributed by atoms with E-state index in [1.54, 1.807) is 0 Å². The Bertz CT molecular complexity index is 568. The molecular formula is C16H23N5. The molecule has 5 nitrogen and oxygen atoms in total. The molecule has 0 atom stereocenters. The number of nitrogens with zero attached hydrogens (tertiary/aromatic N) is 4. The SMILES string of the molecule is CCNc1cc(N(C)Cc2ccncc2)nc(C(C)C)n1. The van der Waals surface area contributed by atoms with Gasteiger partial charge in [-0.15, -0.1) is 0 Å². The lowest BCUT2D eigenvalue weighted by Gasteiger charge is -2.20. The van der Waals surface area contributed by atoms with Crippen molar-refractivity contribution in [3.63, 3.8) is 0 Å². The van der Waals surface area contributed by atoms with E-state index >= 15 is 0 Å². The molecule has 0 bridgehead atoms. The summed E-state index contributed by atoms with van der Waals surface area (Å²) in [4.78, 5) is 15.4. The Morgan fingerprint density at radius 2 is 1.90 bits per heavy atom. The van der Waals surface area contributed by atoms with Crippen LogP contribution in [-0.2, 0) is 6.54 Å². The standard InChI is InChI=1S/C16H23N5/c1-5-18-14-10-15(20-16(19-14)12(2)3)21(4)11-13-6-8-17-9-7-13/h6-10,12H,5,11H2,1-4H3,(H,18,19,20). The average molecular weight is 285 g/mol. The molecule has 0 aliphatic carbocycles. The van der Waals surface area contributed by atoms with E-state index in [1.807, 2.05) is 37.6 Å². The minimum Gasteiger partial charge on any atom is -0.370 e.